The van der Waals surface area contributed by atoms with Gasteiger partial charge in [-0.25, -0.2) is 4.39 Å². The molecule has 1 saturated heterocycles. The lowest BCUT2D eigenvalue weighted by molar-refractivity contribution is -0.132. The fourth-order valence-electron chi connectivity index (χ4n) is 3.53. The van der Waals surface area contributed by atoms with Crippen LogP contribution in [0.3, 0.4) is 0 Å². The number of hydrogen-bond acceptors (Lipinski definition) is 3. The Labute approximate surface area is 181 Å². The van der Waals surface area contributed by atoms with Gasteiger partial charge in [0.2, 0.25) is 0 Å². The van der Waals surface area contributed by atoms with Gasteiger partial charge in [-0.1, -0.05) is 57.9 Å². The first-order valence-electron chi connectivity index (χ1n) is 9.26. The molecule has 1 amide bonds. The van der Waals surface area contributed by atoms with Gasteiger partial charge in [-0.15, -0.1) is 0 Å². The third-order valence-electron chi connectivity index (χ3n) is 5.06. The summed E-state index contributed by atoms with van der Waals surface area (Å²) in [5, 5.41) is 11.0. The fourth-order valence-corrected chi connectivity index (χ4v) is 3.79. The second kappa shape index (κ2) is 7.88. The van der Waals surface area contributed by atoms with Gasteiger partial charge in [0.1, 0.15) is 11.6 Å². The van der Waals surface area contributed by atoms with Crippen molar-refractivity contribution in [2.24, 2.45) is 0 Å². The molecule has 1 aliphatic rings. The Balaban J connectivity index is 1.93. The maximum atomic E-state index is 13.5. The third kappa shape index (κ3) is 3.55. The van der Waals surface area contributed by atoms with Crippen LogP contribution in [0.4, 0.5) is 10.1 Å². The molecule has 1 N–H and O–H groups in total. The molecule has 1 fully saturated rings. The zero-order valence-corrected chi connectivity index (χ0v) is 17.6. The molecular formula is C24H17BrFNO3. The fraction of sp³-hybridized carbons (Fsp3) is 0.0833. The lowest BCUT2D eigenvalue weighted by Crippen LogP contribution is -2.29. The van der Waals surface area contributed by atoms with E-state index in [1.165, 1.54) is 29.2 Å². The highest BCUT2D eigenvalue weighted by Crippen LogP contribution is 2.42. The zero-order chi connectivity index (χ0) is 21.4. The van der Waals surface area contributed by atoms with E-state index in [4.69, 9.17) is 0 Å². The Bertz CT molecular complexity index is 1150. The number of Topliss-reactive ketones (excluding diaryl/α,β-unsaturated/α-hetero) is 1. The first-order chi connectivity index (χ1) is 14.4. The highest BCUT2D eigenvalue weighted by atomic mass is 79.9. The van der Waals surface area contributed by atoms with Gasteiger partial charge in [-0.05, 0) is 48.9 Å². The molecule has 0 aromatic heterocycles. The maximum absolute atomic E-state index is 13.5. The van der Waals surface area contributed by atoms with Gasteiger partial charge in [0.15, 0.2) is 0 Å². The summed E-state index contributed by atoms with van der Waals surface area (Å²) >= 11 is 3.34. The molecule has 6 heteroatoms. The number of aryl methyl sites for hydroxylation is 1. The number of aliphatic hydroxyl groups is 1. The van der Waals surface area contributed by atoms with E-state index in [1.807, 2.05) is 19.1 Å². The minimum atomic E-state index is -0.878. The van der Waals surface area contributed by atoms with Crippen molar-refractivity contribution >= 4 is 39.1 Å². The van der Waals surface area contributed by atoms with E-state index in [0.717, 1.165) is 10.0 Å². The minimum absolute atomic E-state index is 0.0329. The van der Waals surface area contributed by atoms with Crippen LogP contribution in [0, 0.1) is 12.7 Å². The molecule has 0 aliphatic carbocycles. The summed E-state index contributed by atoms with van der Waals surface area (Å²) in [6, 6.07) is 18.6. The molecule has 3 aromatic carbocycles. The second-order valence-electron chi connectivity index (χ2n) is 7.06. The number of benzene rings is 3. The molecule has 4 nitrogen and oxygen atoms in total. The van der Waals surface area contributed by atoms with Gasteiger partial charge >= 0.3 is 0 Å². The lowest BCUT2D eigenvalue weighted by atomic mass is 9.95. The number of halogens is 2. The topological polar surface area (TPSA) is 57.6 Å². The molecule has 1 unspecified atom stereocenters. The summed E-state index contributed by atoms with van der Waals surface area (Å²) in [6.07, 6.45) is 0. The summed E-state index contributed by atoms with van der Waals surface area (Å²) in [4.78, 5) is 27.3. The van der Waals surface area contributed by atoms with Crippen molar-refractivity contribution in [1.82, 2.24) is 0 Å². The minimum Gasteiger partial charge on any atom is -0.507 e. The molecule has 0 spiro atoms. The van der Waals surface area contributed by atoms with Crippen LogP contribution >= 0.6 is 15.9 Å². The Morgan fingerprint density at radius 2 is 1.53 bits per heavy atom. The van der Waals surface area contributed by atoms with Crippen LogP contribution in [0.15, 0.2) is 82.8 Å². The Kier molecular flexibility index (Phi) is 5.26. The number of carbonyl (C=O) groups is 2. The lowest BCUT2D eigenvalue weighted by Gasteiger charge is -2.25. The van der Waals surface area contributed by atoms with Gasteiger partial charge in [0.25, 0.3) is 11.7 Å². The molecule has 30 heavy (non-hydrogen) atoms. The van der Waals surface area contributed by atoms with E-state index in [9.17, 15) is 19.1 Å². The van der Waals surface area contributed by atoms with Gasteiger partial charge < -0.3 is 5.11 Å². The molecule has 1 aliphatic heterocycles. The van der Waals surface area contributed by atoms with E-state index in [-0.39, 0.29) is 11.3 Å². The van der Waals surface area contributed by atoms with Gasteiger partial charge in [-0.3, -0.25) is 14.5 Å². The molecular weight excluding hydrogens is 449 g/mol. The Hall–Kier alpha value is -3.25. The molecule has 3 aromatic rings. The number of ketones is 1. The number of carbonyl (C=O) groups excluding carboxylic acids is 2. The van der Waals surface area contributed by atoms with Crippen molar-refractivity contribution in [1.29, 1.82) is 0 Å². The molecule has 0 saturated carbocycles. The first-order valence-corrected chi connectivity index (χ1v) is 10.0. The highest BCUT2D eigenvalue weighted by molar-refractivity contribution is 9.10. The van der Waals surface area contributed by atoms with Crippen molar-refractivity contribution in [3.63, 3.8) is 0 Å². The summed E-state index contributed by atoms with van der Waals surface area (Å²) in [6.45, 7) is 1.92. The Morgan fingerprint density at radius 3 is 2.13 bits per heavy atom. The predicted octanol–water partition coefficient (Wildman–Crippen LogP) is 5.52. The molecule has 1 heterocycles. The summed E-state index contributed by atoms with van der Waals surface area (Å²) in [7, 11) is 0. The summed E-state index contributed by atoms with van der Waals surface area (Å²) in [5.41, 5.74) is 2.42. The number of hydrogen-bond donors (Lipinski definition) is 1. The van der Waals surface area contributed by atoms with E-state index in [2.05, 4.69) is 15.9 Å². The third-order valence-corrected chi connectivity index (χ3v) is 5.59. The van der Waals surface area contributed by atoms with E-state index >= 15 is 0 Å². The van der Waals surface area contributed by atoms with Crippen molar-refractivity contribution in [2.75, 3.05) is 4.90 Å². The van der Waals surface area contributed by atoms with Crippen LogP contribution in [0.5, 0.6) is 0 Å². The maximum Gasteiger partial charge on any atom is 0.300 e. The van der Waals surface area contributed by atoms with Crippen molar-refractivity contribution < 1.29 is 19.1 Å². The van der Waals surface area contributed by atoms with Gasteiger partial charge in [-0.2, -0.15) is 0 Å². The van der Waals surface area contributed by atoms with Crippen LogP contribution in [0.1, 0.15) is 22.7 Å². The molecule has 150 valence electrons. The highest BCUT2D eigenvalue weighted by Gasteiger charge is 2.46. The molecule has 0 radical (unpaired) electrons. The second-order valence-corrected chi connectivity index (χ2v) is 7.98. The largest absolute Gasteiger partial charge is 0.507 e. The summed E-state index contributed by atoms with van der Waals surface area (Å²) < 4.78 is 14.4. The van der Waals surface area contributed by atoms with E-state index in [1.54, 1.807) is 36.4 Å². The van der Waals surface area contributed by atoms with Gasteiger partial charge in [0.05, 0.1) is 11.6 Å². The molecule has 4 rings (SSSR count). The van der Waals surface area contributed by atoms with Crippen molar-refractivity contribution in [2.45, 2.75) is 13.0 Å². The number of rotatable bonds is 3. The molecule has 1 atom stereocenters. The van der Waals surface area contributed by atoms with Crippen LogP contribution in [-0.2, 0) is 9.59 Å². The SMILES string of the molecule is Cc1ccc(N2C(=O)C(=O)/C(=C(/O)c3ccc(Br)cc3)C2c2ccc(F)cc2)cc1. The van der Waals surface area contributed by atoms with Crippen LogP contribution in [0.25, 0.3) is 5.76 Å². The van der Waals surface area contributed by atoms with Crippen LogP contribution < -0.4 is 4.90 Å². The number of nitrogens with zero attached hydrogens (tertiary/aromatic N) is 1. The van der Waals surface area contributed by atoms with E-state index < -0.39 is 23.5 Å². The first kappa shape index (κ1) is 20.0. The van der Waals surface area contributed by atoms with Crippen molar-refractivity contribution in [3.8, 4) is 0 Å². The quantitative estimate of drug-likeness (QED) is 0.314. The number of amides is 1. The zero-order valence-electron chi connectivity index (χ0n) is 16.0. The average molecular weight is 466 g/mol. The van der Waals surface area contributed by atoms with Crippen LogP contribution in [-0.4, -0.2) is 16.8 Å². The van der Waals surface area contributed by atoms with Gasteiger partial charge in [0, 0.05) is 15.7 Å². The van der Waals surface area contributed by atoms with Crippen LogP contribution in [0.2, 0.25) is 0 Å². The normalized spacial score (nSPS) is 18.1. The average Bonchev–Trinajstić information content (AvgIpc) is 3.00. The number of aliphatic hydroxyl groups excluding tert-OH is 1. The standard InChI is InChI=1S/C24H17BrFNO3/c1-14-2-12-19(13-3-14)27-21(15-6-10-18(26)11-7-15)20(23(29)24(27)30)22(28)16-4-8-17(25)9-5-16/h2-13,21,28H,1H3/b22-20+. The Morgan fingerprint density at radius 1 is 0.933 bits per heavy atom. The predicted molar refractivity (Wildman–Crippen MR) is 117 cm³/mol. The summed E-state index contributed by atoms with van der Waals surface area (Å²) in [5.74, 6) is -2.24. The van der Waals surface area contributed by atoms with Crippen molar-refractivity contribution in [3.05, 3.63) is 105 Å². The number of anilines is 1. The van der Waals surface area contributed by atoms with E-state index in [0.29, 0.717) is 16.8 Å². The monoisotopic (exact) mass is 465 g/mol. The molecule has 0 bridgehead atoms. The smallest absolute Gasteiger partial charge is 0.300 e.